The normalized spacial score (nSPS) is 26.6. The lowest BCUT2D eigenvalue weighted by atomic mass is 10.2. The first-order chi connectivity index (χ1) is 9.29. The minimum atomic E-state index is -3.97. The zero-order valence-corrected chi connectivity index (χ0v) is 11.1. The lowest BCUT2D eigenvalue weighted by molar-refractivity contribution is -0.384. The van der Waals surface area contributed by atoms with Gasteiger partial charge in [-0.05, 0) is 18.6 Å². The van der Waals surface area contributed by atoms with Crippen molar-refractivity contribution in [3.8, 4) is 0 Å². The largest absolute Gasteiger partial charge is 0.393 e. The van der Waals surface area contributed by atoms with Crippen LogP contribution in [0.1, 0.15) is 12.8 Å². The van der Waals surface area contributed by atoms with Gasteiger partial charge >= 0.3 is 0 Å². The highest BCUT2D eigenvalue weighted by Crippen LogP contribution is 2.25. The molecular formula is C11H13FN2O5S. The summed E-state index contributed by atoms with van der Waals surface area (Å²) in [7, 11) is -3.97. The summed E-state index contributed by atoms with van der Waals surface area (Å²) in [4.78, 5) is 9.66. The van der Waals surface area contributed by atoms with Gasteiger partial charge in [0, 0.05) is 18.6 Å². The van der Waals surface area contributed by atoms with Gasteiger partial charge in [-0.1, -0.05) is 0 Å². The molecule has 0 heterocycles. The van der Waals surface area contributed by atoms with Gasteiger partial charge in [0.05, 0.1) is 22.0 Å². The van der Waals surface area contributed by atoms with Crippen LogP contribution >= 0.6 is 0 Å². The Hall–Kier alpha value is -1.58. The van der Waals surface area contributed by atoms with Gasteiger partial charge in [-0.2, -0.15) is 0 Å². The molecule has 1 fully saturated rings. The van der Waals surface area contributed by atoms with Crippen molar-refractivity contribution in [2.24, 2.45) is 0 Å². The van der Waals surface area contributed by atoms with E-state index in [0.29, 0.717) is 0 Å². The van der Waals surface area contributed by atoms with Crippen molar-refractivity contribution in [3.05, 3.63) is 34.4 Å². The molecule has 1 saturated carbocycles. The number of hydrogen-bond donors (Lipinski definition) is 2. The molecule has 7 nitrogen and oxygen atoms in total. The second kappa shape index (κ2) is 5.43. The summed E-state index contributed by atoms with van der Waals surface area (Å²) in [5.74, 6) is 0. The third-order valence-electron chi connectivity index (χ3n) is 3.12. The van der Waals surface area contributed by atoms with Crippen LogP contribution in [0.3, 0.4) is 0 Å². The zero-order valence-electron chi connectivity index (χ0n) is 10.3. The number of nitrogens with zero attached hydrogens (tertiary/aromatic N) is 1. The molecule has 1 aliphatic carbocycles. The molecule has 20 heavy (non-hydrogen) atoms. The molecule has 1 aromatic carbocycles. The first-order valence-corrected chi connectivity index (χ1v) is 7.37. The molecule has 0 bridgehead atoms. The molecule has 1 aromatic rings. The fourth-order valence-corrected chi connectivity index (χ4v) is 3.37. The molecule has 3 atom stereocenters. The van der Waals surface area contributed by atoms with Gasteiger partial charge in [-0.15, -0.1) is 0 Å². The van der Waals surface area contributed by atoms with Gasteiger partial charge in [-0.25, -0.2) is 17.5 Å². The average Bonchev–Trinajstić information content (AvgIpc) is 2.67. The minimum Gasteiger partial charge on any atom is -0.393 e. The molecular weight excluding hydrogens is 291 g/mol. The SMILES string of the molecule is O=[N+]([O-])c1ccc(S(=O)(=O)N[C@H]2C[C@@H](O)C[C@@H]2F)cc1. The third-order valence-corrected chi connectivity index (χ3v) is 4.63. The van der Waals surface area contributed by atoms with Gasteiger partial charge in [-0.3, -0.25) is 10.1 Å². The zero-order chi connectivity index (χ0) is 14.9. The summed E-state index contributed by atoms with van der Waals surface area (Å²) in [6.07, 6.45) is -2.41. The van der Waals surface area contributed by atoms with Crippen LogP contribution in [0, 0.1) is 10.1 Å². The Labute approximate surface area is 114 Å². The maximum absolute atomic E-state index is 13.5. The molecule has 0 aromatic heterocycles. The van der Waals surface area contributed by atoms with E-state index in [1.165, 1.54) is 0 Å². The van der Waals surface area contributed by atoms with E-state index in [4.69, 9.17) is 0 Å². The molecule has 110 valence electrons. The van der Waals surface area contributed by atoms with E-state index >= 15 is 0 Å². The molecule has 0 amide bonds. The number of aliphatic hydroxyl groups excluding tert-OH is 1. The Kier molecular flexibility index (Phi) is 4.02. The van der Waals surface area contributed by atoms with E-state index in [-0.39, 0.29) is 23.4 Å². The van der Waals surface area contributed by atoms with Crippen LogP contribution < -0.4 is 4.72 Å². The summed E-state index contributed by atoms with van der Waals surface area (Å²) in [6, 6.07) is 3.30. The number of rotatable bonds is 4. The fourth-order valence-electron chi connectivity index (χ4n) is 2.10. The second-order valence-electron chi connectivity index (χ2n) is 4.62. The summed E-state index contributed by atoms with van der Waals surface area (Å²) >= 11 is 0. The second-order valence-corrected chi connectivity index (χ2v) is 6.33. The molecule has 0 spiro atoms. The Balaban J connectivity index is 2.16. The Morgan fingerprint density at radius 1 is 1.30 bits per heavy atom. The summed E-state index contributed by atoms with van der Waals surface area (Å²) in [5, 5.41) is 19.8. The van der Waals surface area contributed by atoms with E-state index in [1.807, 2.05) is 0 Å². The van der Waals surface area contributed by atoms with E-state index < -0.39 is 33.3 Å². The standard InChI is InChI=1S/C11H13FN2O5S/c12-10-5-8(15)6-11(10)13-20(18,19)9-3-1-7(2-4-9)14(16)17/h1-4,8,10-11,13,15H,5-6H2/t8-,10-,11-/m0/s1. The molecule has 0 saturated heterocycles. The summed E-state index contributed by atoms with van der Waals surface area (Å²) in [5.41, 5.74) is -0.233. The van der Waals surface area contributed by atoms with E-state index in [0.717, 1.165) is 24.3 Å². The van der Waals surface area contributed by atoms with Crippen molar-refractivity contribution in [2.45, 2.75) is 36.1 Å². The number of sulfonamides is 1. The predicted octanol–water partition coefficient (Wildman–Crippen LogP) is 0.735. The van der Waals surface area contributed by atoms with Gasteiger partial charge in [0.25, 0.3) is 5.69 Å². The molecule has 1 aliphatic rings. The van der Waals surface area contributed by atoms with Crippen molar-refractivity contribution in [1.29, 1.82) is 0 Å². The Morgan fingerprint density at radius 3 is 2.35 bits per heavy atom. The van der Waals surface area contributed by atoms with Crippen LogP contribution in [0.2, 0.25) is 0 Å². The van der Waals surface area contributed by atoms with Crippen molar-refractivity contribution in [3.63, 3.8) is 0 Å². The highest BCUT2D eigenvalue weighted by molar-refractivity contribution is 7.89. The Bertz CT molecular complexity index is 604. The summed E-state index contributed by atoms with van der Waals surface area (Å²) < 4.78 is 39.6. The molecule has 9 heteroatoms. The van der Waals surface area contributed by atoms with Crippen LogP contribution in [0.5, 0.6) is 0 Å². The van der Waals surface area contributed by atoms with Crippen LogP contribution in [0.25, 0.3) is 0 Å². The van der Waals surface area contributed by atoms with Gasteiger partial charge in [0.15, 0.2) is 0 Å². The smallest absolute Gasteiger partial charge is 0.269 e. The van der Waals surface area contributed by atoms with Gasteiger partial charge < -0.3 is 5.11 Å². The lowest BCUT2D eigenvalue weighted by Crippen LogP contribution is -2.38. The molecule has 0 radical (unpaired) electrons. The topological polar surface area (TPSA) is 110 Å². The number of nitrogens with one attached hydrogen (secondary N) is 1. The number of benzene rings is 1. The fraction of sp³-hybridized carbons (Fsp3) is 0.455. The minimum absolute atomic E-state index is 0.00732. The van der Waals surface area contributed by atoms with E-state index in [1.54, 1.807) is 0 Å². The highest BCUT2D eigenvalue weighted by atomic mass is 32.2. The molecule has 0 unspecified atom stereocenters. The quantitative estimate of drug-likeness (QED) is 0.629. The molecule has 2 N–H and O–H groups in total. The lowest BCUT2D eigenvalue weighted by Gasteiger charge is -2.14. The third kappa shape index (κ3) is 3.11. The van der Waals surface area contributed by atoms with Crippen molar-refractivity contribution >= 4 is 15.7 Å². The van der Waals surface area contributed by atoms with Crippen LogP contribution in [0.4, 0.5) is 10.1 Å². The monoisotopic (exact) mass is 304 g/mol. The maximum atomic E-state index is 13.5. The molecule has 0 aliphatic heterocycles. The van der Waals surface area contributed by atoms with Crippen molar-refractivity contribution < 1.29 is 22.8 Å². The van der Waals surface area contributed by atoms with Crippen molar-refractivity contribution in [2.75, 3.05) is 0 Å². The van der Waals surface area contributed by atoms with E-state index in [9.17, 15) is 28.0 Å². The number of nitro groups is 1. The van der Waals surface area contributed by atoms with E-state index in [2.05, 4.69) is 4.72 Å². The van der Waals surface area contributed by atoms with Crippen LogP contribution in [0.15, 0.2) is 29.2 Å². The maximum Gasteiger partial charge on any atom is 0.269 e. The van der Waals surface area contributed by atoms with Crippen LogP contribution in [-0.4, -0.2) is 36.8 Å². The number of nitro benzene ring substituents is 1. The number of hydrogen-bond acceptors (Lipinski definition) is 5. The van der Waals surface area contributed by atoms with Crippen molar-refractivity contribution in [1.82, 2.24) is 4.72 Å². The number of halogens is 1. The first kappa shape index (κ1) is 14.8. The van der Waals surface area contributed by atoms with Gasteiger partial charge in [0.2, 0.25) is 10.0 Å². The number of aliphatic hydroxyl groups is 1. The Morgan fingerprint density at radius 2 is 1.90 bits per heavy atom. The van der Waals surface area contributed by atoms with Crippen LogP contribution in [-0.2, 0) is 10.0 Å². The highest BCUT2D eigenvalue weighted by Gasteiger charge is 2.36. The molecule has 2 rings (SSSR count). The number of non-ortho nitro benzene ring substituents is 1. The summed E-state index contributed by atoms with van der Waals surface area (Å²) in [6.45, 7) is 0. The average molecular weight is 304 g/mol. The number of alkyl halides is 1. The predicted molar refractivity (Wildman–Crippen MR) is 67.3 cm³/mol. The van der Waals surface area contributed by atoms with Gasteiger partial charge in [0.1, 0.15) is 6.17 Å². The first-order valence-electron chi connectivity index (χ1n) is 5.88.